The van der Waals surface area contributed by atoms with E-state index in [0.717, 1.165) is 11.1 Å². The molecule has 2 aromatic heterocycles. The molecule has 4 aromatic rings. The van der Waals surface area contributed by atoms with Gasteiger partial charge in [0.15, 0.2) is 5.82 Å². The van der Waals surface area contributed by atoms with E-state index in [9.17, 15) is 9.18 Å². The fourth-order valence-corrected chi connectivity index (χ4v) is 3.25. The van der Waals surface area contributed by atoms with Crippen LogP contribution >= 0.6 is 11.6 Å². The van der Waals surface area contributed by atoms with Crippen molar-refractivity contribution in [1.29, 1.82) is 0 Å². The van der Waals surface area contributed by atoms with Crippen molar-refractivity contribution >= 4 is 34.2 Å². The van der Waals surface area contributed by atoms with Crippen LogP contribution in [0.2, 0.25) is 5.02 Å². The fraction of sp³-hybridized carbons (Fsp3) is 0.150. The highest BCUT2D eigenvalue weighted by atomic mass is 35.5. The van der Waals surface area contributed by atoms with Gasteiger partial charge in [-0.3, -0.25) is 9.48 Å². The van der Waals surface area contributed by atoms with Crippen molar-refractivity contribution in [2.75, 3.05) is 5.32 Å². The highest BCUT2D eigenvalue weighted by Gasteiger charge is 2.19. The first-order chi connectivity index (χ1) is 13.6. The minimum Gasteiger partial charge on any atom is -0.364 e. The molecule has 0 aliphatic heterocycles. The minimum atomic E-state index is -0.501. The highest BCUT2D eigenvalue weighted by molar-refractivity contribution is 6.36. The van der Waals surface area contributed by atoms with Gasteiger partial charge in [-0.25, -0.2) is 4.39 Å². The van der Waals surface area contributed by atoms with Gasteiger partial charge in [-0.15, -0.1) is 0 Å². The van der Waals surface area contributed by atoms with E-state index < -0.39 is 6.67 Å². The van der Waals surface area contributed by atoms with Crippen molar-refractivity contribution in [3.05, 3.63) is 76.1 Å². The number of carbonyl (C=O) groups excluding carboxylic acids is 1. The van der Waals surface area contributed by atoms with Gasteiger partial charge >= 0.3 is 0 Å². The third kappa shape index (κ3) is 3.36. The molecule has 0 aliphatic carbocycles. The monoisotopic (exact) mass is 398 g/mol. The molecular weight excluding hydrogens is 383 g/mol. The number of aromatic nitrogens is 3. The number of aryl methyl sites for hydroxylation is 1. The summed E-state index contributed by atoms with van der Waals surface area (Å²) in [7, 11) is 0. The Kier molecular flexibility index (Phi) is 4.83. The number of benzene rings is 2. The van der Waals surface area contributed by atoms with E-state index in [-0.39, 0.29) is 5.91 Å². The first kappa shape index (κ1) is 18.2. The number of hydrogen-bond acceptors (Lipinski definition) is 4. The third-order valence-corrected chi connectivity index (χ3v) is 4.78. The number of halogens is 2. The number of anilines is 1. The molecule has 2 aromatic carbocycles. The van der Waals surface area contributed by atoms with Gasteiger partial charge in [0.25, 0.3) is 5.91 Å². The molecule has 0 aliphatic rings. The summed E-state index contributed by atoms with van der Waals surface area (Å²) in [6.45, 7) is 1.63. The van der Waals surface area contributed by atoms with E-state index in [1.165, 1.54) is 6.26 Å². The Hall–Kier alpha value is -3.19. The van der Waals surface area contributed by atoms with Crippen molar-refractivity contribution in [1.82, 2.24) is 14.9 Å². The van der Waals surface area contributed by atoms with Crippen LogP contribution in [-0.2, 0) is 13.2 Å². The van der Waals surface area contributed by atoms with Gasteiger partial charge < -0.3 is 9.84 Å². The van der Waals surface area contributed by atoms with Crippen LogP contribution in [0.25, 0.3) is 10.9 Å². The Morgan fingerprint density at radius 1 is 1.21 bits per heavy atom. The number of carbonyl (C=O) groups is 1. The Morgan fingerprint density at radius 3 is 2.64 bits per heavy atom. The maximum absolute atomic E-state index is 12.7. The molecule has 4 rings (SSSR count). The molecule has 2 heterocycles. The number of rotatable bonds is 5. The Morgan fingerprint density at radius 2 is 1.96 bits per heavy atom. The molecule has 0 spiro atoms. The maximum Gasteiger partial charge on any atom is 0.262 e. The normalized spacial score (nSPS) is 11.1. The lowest BCUT2D eigenvalue weighted by Gasteiger charge is -2.05. The lowest BCUT2D eigenvalue weighted by molar-refractivity contribution is 0.102. The second-order valence-electron chi connectivity index (χ2n) is 6.36. The Labute approximate surface area is 164 Å². The molecule has 0 saturated carbocycles. The summed E-state index contributed by atoms with van der Waals surface area (Å²) in [5, 5.41) is 12.2. The van der Waals surface area contributed by atoms with Gasteiger partial charge in [0, 0.05) is 0 Å². The van der Waals surface area contributed by atoms with Crippen LogP contribution in [0.15, 0.2) is 53.3 Å². The molecular formula is C20H16ClFN4O2. The minimum absolute atomic E-state index is 0.330. The molecule has 0 bridgehead atoms. The molecule has 0 atom stereocenters. The molecule has 142 valence electrons. The zero-order chi connectivity index (χ0) is 19.7. The number of nitrogens with one attached hydrogen (secondary N) is 1. The predicted octanol–water partition coefficient (Wildman–Crippen LogP) is 4.76. The second kappa shape index (κ2) is 7.44. The number of nitrogens with zero attached hydrogens (tertiary/aromatic N) is 3. The molecule has 6 nitrogen and oxygen atoms in total. The predicted molar refractivity (Wildman–Crippen MR) is 104 cm³/mol. The number of fused-ring (bicyclic) bond motifs is 1. The fourth-order valence-electron chi connectivity index (χ4n) is 2.99. The van der Waals surface area contributed by atoms with E-state index in [2.05, 4.69) is 15.6 Å². The quantitative estimate of drug-likeness (QED) is 0.526. The van der Waals surface area contributed by atoms with E-state index in [4.69, 9.17) is 16.1 Å². The second-order valence-corrected chi connectivity index (χ2v) is 6.77. The smallest absolute Gasteiger partial charge is 0.262 e. The summed E-state index contributed by atoms with van der Waals surface area (Å²) in [5.74, 6) is -0.0240. The van der Waals surface area contributed by atoms with Crippen molar-refractivity contribution in [2.24, 2.45) is 0 Å². The largest absolute Gasteiger partial charge is 0.364 e. The topological polar surface area (TPSA) is 73.0 Å². The average molecular weight is 399 g/mol. The first-order valence-corrected chi connectivity index (χ1v) is 8.95. The summed E-state index contributed by atoms with van der Waals surface area (Å²) in [6.07, 6.45) is 1.29. The van der Waals surface area contributed by atoms with Gasteiger partial charge in [-0.1, -0.05) is 47.1 Å². The summed E-state index contributed by atoms with van der Waals surface area (Å²) in [6, 6.07) is 12.6. The van der Waals surface area contributed by atoms with Crippen LogP contribution in [0, 0.1) is 6.92 Å². The van der Waals surface area contributed by atoms with Gasteiger partial charge in [0.05, 0.1) is 28.2 Å². The summed E-state index contributed by atoms with van der Waals surface area (Å²) < 4.78 is 19.3. The molecule has 0 fully saturated rings. The zero-order valence-electron chi connectivity index (χ0n) is 14.9. The maximum atomic E-state index is 12.7. The molecule has 28 heavy (non-hydrogen) atoms. The van der Waals surface area contributed by atoms with Crippen molar-refractivity contribution in [2.45, 2.75) is 20.1 Å². The van der Waals surface area contributed by atoms with Gasteiger partial charge in [0.1, 0.15) is 18.5 Å². The van der Waals surface area contributed by atoms with E-state index >= 15 is 0 Å². The lowest BCUT2D eigenvalue weighted by atomic mass is 10.1. The van der Waals surface area contributed by atoms with Gasteiger partial charge in [-0.2, -0.15) is 5.10 Å². The lowest BCUT2D eigenvalue weighted by Crippen LogP contribution is -2.13. The first-order valence-electron chi connectivity index (χ1n) is 8.58. The van der Waals surface area contributed by atoms with E-state index in [1.54, 1.807) is 29.8 Å². The van der Waals surface area contributed by atoms with Crippen LogP contribution in [0.1, 0.15) is 27.2 Å². The molecule has 0 unspecified atom stereocenters. The van der Waals surface area contributed by atoms with Gasteiger partial charge in [0.2, 0.25) is 0 Å². The summed E-state index contributed by atoms with van der Waals surface area (Å²) in [4.78, 5) is 12.6. The molecule has 0 radical (unpaired) electrons. The van der Waals surface area contributed by atoms with E-state index in [0.29, 0.717) is 39.6 Å². The SMILES string of the molecule is Cc1nocc1C(=O)Nc1nn(Cc2ccc(CF)cc2)c2cccc(Cl)c12. The molecule has 8 heteroatoms. The Balaban J connectivity index is 1.71. The van der Waals surface area contributed by atoms with Crippen LogP contribution in [0.3, 0.4) is 0 Å². The Bertz CT molecular complexity index is 1150. The van der Waals surface area contributed by atoms with Crippen molar-refractivity contribution in [3.8, 4) is 0 Å². The van der Waals surface area contributed by atoms with Crippen LogP contribution in [-0.4, -0.2) is 20.8 Å². The van der Waals surface area contributed by atoms with Crippen LogP contribution in [0.5, 0.6) is 0 Å². The number of alkyl halides is 1. The zero-order valence-corrected chi connectivity index (χ0v) is 15.7. The average Bonchev–Trinajstić information content (AvgIpc) is 3.27. The summed E-state index contributed by atoms with van der Waals surface area (Å²) >= 11 is 6.38. The summed E-state index contributed by atoms with van der Waals surface area (Å²) in [5.41, 5.74) is 3.17. The third-order valence-electron chi connectivity index (χ3n) is 4.46. The van der Waals surface area contributed by atoms with Gasteiger partial charge in [-0.05, 0) is 30.2 Å². The molecule has 1 amide bonds. The highest BCUT2D eigenvalue weighted by Crippen LogP contribution is 2.31. The van der Waals surface area contributed by atoms with Crippen molar-refractivity contribution in [3.63, 3.8) is 0 Å². The standard InChI is InChI=1S/C20H16ClFN4O2/c1-12-15(11-28-25-12)20(27)23-19-18-16(21)3-2-4-17(18)26(24-19)10-14-7-5-13(9-22)6-8-14/h2-8,11H,9-10H2,1H3,(H,23,24,27). The molecule has 1 N–H and O–H groups in total. The number of hydrogen-bond donors (Lipinski definition) is 1. The van der Waals surface area contributed by atoms with Crippen molar-refractivity contribution < 1.29 is 13.7 Å². The van der Waals surface area contributed by atoms with Crippen LogP contribution in [0.4, 0.5) is 10.2 Å². The van der Waals surface area contributed by atoms with Crippen LogP contribution < -0.4 is 5.32 Å². The molecule has 0 saturated heterocycles. The number of amides is 1. The van der Waals surface area contributed by atoms with E-state index in [1.807, 2.05) is 24.3 Å².